The van der Waals surface area contributed by atoms with E-state index in [-0.39, 0.29) is 37.2 Å². The molecule has 0 spiro atoms. The largest absolute Gasteiger partial charge is 0.147 e. The van der Waals surface area contributed by atoms with Gasteiger partial charge in [0.2, 0.25) is 0 Å². The van der Waals surface area contributed by atoms with Gasteiger partial charge in [-0.05, 0) is 0 Å². The van der Waals surface area contributed by atoms with Crippen LogP contribution >= 0.6 is 37.2 Å². The van der Waals surface area contributed by atoms with Crippen molar-refractivity contribution >= 4 is 37.2 Å². The first-order valence-electron chi connectivity index (χ1n) is 6.61. The van der Waals surface area contributed by atoms with Crippen molar-refractivity contribution in [1.29, 1.82) is 0 Å². The molecule has 0 saturated carbocycles. The van der Waals surface area contributed by atoms with Crippen molar-refractivity contribution in [2.45, 2.75) is 10.5 Å². The summed E-state index contributed by atoms with van der Waals surface area (Å²) in [6.07, 6.45) is 0. The topological polar surface area (TPSA) is 55.0 Å². The molecule has 0 aromatic heterocycles. The van der Waals surface area contributed by atoms with Gasteiger partial charge in [0.25, 0.3) is 0 Å². The molecule has 2 N–H and O–H groups in total. The smallest absolute Gasteiger partial charge is 0.147 e. The molecule has 0 aromatic rings. The molecule has 10 heteroatoms. The van der Waals surface area contributed by atoms with E-state index in [9.17, 15) is 0 Å². The van der Waals surface area contributed by atoms with E-state index in [0.29, 0.717) is 0 Å². The zero-order valence-corrected chi connectivity index (χ0v) is 17.7. The molecule has 0 aromatic carbocycles. The number of hydrogen-bond donors (Lipinski definition) is 2. The SMILES string of the molecule is C[O][Ti]([CH3])([CH3])([O]C)([O]C)[N]1CCNCCNCC1.Cl.Cl.Cl. The van der Waals surface area contributed by atoms with Gasteiger partial charge in [-0.2, -0.15) is 0 Å². The normalized spacial score (nSPS) is 21.0. The van der Waals surface area contributed by atoms with Crippen LogP contribution in [0.15, 0.2) is 0 Å². The van der Waals surface area contributed by atoms with E-state index >= 15 is 0 Å². The third-order valence-electron chi connectivity index (χ3n) is 4.61. The van der Waals surface area contributed by atoms with E-state index in [1.54, 1.807) is 21.3 Å². The van der Waals surface area contributed by atoms with Crippen molar-refractivity contribution in [3.05, 3.63) is 0 Å². The summed E-state index contributed by atoms with van der Waals surface area (Å²) in [5, 5.41) is 10.8. The number of halogens is 3. The second kappa shape index (κ2) is 9.59. The maximum atomic E-state index is 5.90. The van der Waals surface area contributed by atoms with Gasteiger partial charge in [-0.1, -0.05) is 0 Å². The maximum absolute atomic E-state index is 5.90. The average molecular weight is 409 g/mol. The van der Waals surface area contributed by atoms with Crippen LogP contribution in [0.4, 0.5) is 0 Å². The standard InChI is InChI=1S/C6H14N3.3CH3O.2CH3.3ClH.Ti/c1-2-8-5-6-9-4-3-7-1;3*1-2;;;;;;/h7-8H,1-6H2;3*1H3;2*1H3;3*1H;/q4*-1;;;;;;+4. The molecule has 1 aliphatic rings. The molecular weight excluding hydrogens is 376 g/mol. The molecule has 0 radical (unpaired) electrons. The van der Waals surface area contributed by atoms with Gasteiger partial charge in [0.1, 0.15) is 0 Å². The molecule has 21 heavy (non-hydrogen) atoms. The fourth-order valence-corrected chi connectivity index (χ4v) is 6.92. The number of rotatable bonds is 4. The zero-order valence-electron chi connectivity index (χ0n) is 13.6. The third-order valence-corrected chi connectivity index (χ3v) is 14.7. The number of hydrogen-bond acceptors (Lipinski definition) is 6. The summed E-state index contributed by atoms with van der Waals surface area (Å²) < 4.78 is 20.0. The van der Waals surface area contributed by atoms with Gasteiger partial charge in [-0.25, -0.2) is 0 Å². The Bertz CT molecular complexity index is 280. The van der Waals surface area contributed by atoms with Gasteiger partial charge in [0, 0.05) is 0 Å². The molecule has 1 aliphatic heterocycles. The van der Waals surface area contributed by atoms with Crippen LogP contribution in [0.1, 0.15) is 0 Å². The van der Waals surface area contributed by atoms with Gasteiger partial charge in [-0.15, -0.1) is 37.2 Å². The maximum Gasteiger partial charge on any atom is -0.147 e. The quantitative estimate of drug-likeness (QED) is 0.690. The number of nitrogens with one attached hydrogen (secondary N) is 2. The van der Waals surface area contributed by atoms with Crippen molar-refractivity contribution in [3.8, 4) is 0 Å². The van der Waals surface area contributed by atoms with Crippen LogP contribution in [0.3, 0.4) is 0 Å². The second-order valence-electron chi connectivity index (χ2n) is 5.80. The molecule has 0 atom stereocenters. The minimum atomic E-state index is -4.49. The van der Waals surface area contributed by atoms with Crippen LogP contribution in [0.25, 0.3) is 0 Å². The summed E-state index contributed by atoms with van der Waals surface area (Å²) in [4.78, 5) is 0. The molecule has 1 saturated heterocycles. The van der Waals surface area contributed by atoms with Gasteiger partial charge < -0.3 is 0 Å². The summed E-state index contributed by atoms with van der Waals surface area (Å²) in [5.74, 6) is 0. The molecule has 0 amide bonds. The Labute approximate surface area is 147 Å². The van der Waals surface area contributed by atoms with Gasteiger partial charge in [0.05, 0.1) is 0 Å². The van der Waals surface area contributed by atoms with Crippen molar-refractivity contribution in [2.75, 3.05) is 60.6 Å². The van der Waals surface area contributed by atoms with E-state index in [4.69, 9.17) is 9.96 Å². The first-order chi connectivity index (χ1) is 8.36. The summed E-state index contributed by atoms with van der Waals surface area (Å²) in [5.41, 5.74) is 0. The Kier molecular flexibility index (Phi) is 12.4. The van der Waals surface area contributed by atoms with Crippen LogP contribution in [-0.4, -0.2) is 64.0 Å². The van der Waals surface area contributed by atoms with Crippen molar-refractivity contribution in [3.63, 3.8) is 0 Å². The molecule has 1 heterocycles. The van der Waals surface area contributed by atoms with E-state index in [1.807, 2.05) is 10.5 Å². The van der Waals surface area contributed by atoms with E-state index < -0.39 is 15.4 Å². The Morgan fingerprint density at radius 3 is 1.33 bits per heavy atom. The van der Waals surface area contributed by atoms with Crippen molar-refractivity contribution < 1.29 is 25.4 Å². The van der Waals surface area contributed by atoms with Gasteiger partial charge in [0.15, 0.2) is 0 Å². The predicted molar refractivity (Wildman–Crippen MR) is 91.8 cm³/mol. The Hall–Kier alpha value is 1.34. The van der Waals surface area contributed by atoms with Crippen LogP contribution in [0, 0.1) is 0 Å². The minimum absolute atomic E-state index is 0. The Morgan fingerprint density at radius 2 is 1.05 bits per heavy atom. The predicted octanol–water partition coefficient (Wildman–Crippen LogP) is 1.67. The molecule has 1 rings (SSSR count). The van der Waals surface area contributed by atoms with Crippen LogP contribution in [0.5, 0.6) is 0 Å². The fourth-order valence-electron chi connectivity index (χ4n) is 2.32. The minimum Gasteiger partial charge on any atom is -0.147 e. The third kappa shape index (κ3) is 5.73. The van der Waals surface area contributed by atoms with Crippen molar-refractivity contribution in [1.82, 2.24) is 14.0 Å². The fraction of sp³-hybridized carbons (Fsp3) is 1.00. The summed E-state index contributed by atoms with van der Waals surface area (Å²) in [7, 11) is 5.06. The number of nitrogens with zero attached hydrogens (tertiary/aromatic N) is 1. The second-order valence-corrected chi connectivity index (χ2v) is 17.1. The Balaban J connectivity index is -0.00000108. The molecule has 6 nitrogen and oxygen atoms in total. The summed E-state index contributed by atoms with van der Waals surface area (Å²) in [6, 6.07) is 0. The summed E-state index contributed by atoms with van der Waals surface area (Å²) in [6.45, 7) is 5.49. The molecular formula is C11H32Cl3N3O3Ti. The molecule has 134 valence electrons. The van der Waals surface area contributed by atoms with Crippen molar-refractivity contribution in [2.24, 2.45) is 0 Å². The molecule has 0 aliphatic carbocycles. The van der Waals surface area contributed by atoms with Gasteiger partial charge in [-0.3, -0.25) is 0 Å². The van der Waals surface area contributed by atoms with E-state index in [1.165, 1.54) is 0 Å². The molecule has 0 bridgehead atoms. The van der Waals surface area contributed by atoms with Crippen LogP contribution in [0.2, 0.25) is 10.5 Å². The summed E-state index contributed by atoms with van der Waals surface area (Å²) >= 11 is -4.49. The monoisotopic (exact) mass is 407 g/mol. The molecule has 1 fully saturated rings. The average Bonchev–Trinajstić information content (AvgIpc) is 2.54. The first-order valence-corrected chi connectivity index (χ1v) is 12.3. The van der Waals surface area contributed by atoms with Crippen LogP contribution in [-0.2, 0) is 25.4 Å². The Morgan fingerprint density at radius 1 is 0.714 bits per heavy atom. The van der Waals surface area contributed by atoms with E-state index in [2.05, 4.69) is 14.0 Å². The van der Waals surface area contributed by atoms with Crippen LogP contribution < -0.4 is 10.6 Å². The molecule has 0 unspecified atom stereocenters. The van der Waals surface area contributed by atoms with E-state index in [0.717, 1.165) is 39.3 Å². The first kappa shape index (κ1) is 27.2. The zero-order chi connectivity index (χ0) is 13.8. The van der Waals surface area contributed by atoms with Gasteiger partial charge >= 0.3 is 110 Å².